The summed E-state index contributed by atoms with van der Waals surface area (Å²) < 4.78 is 5.28. The van der Waals surface area contributed by atoms with Crippen molar-refractivity contribution in [1.82, 2.24) is 4.98 Å². The summed E-state index contributed by atoms with van der Waals surface area (Å²) in [5.41, 5.74) is 3.63. The molecule has 3 rings (SSSR count). The predicted octanol–water partition coefficient (Wildman–Crippen LogP) is 2.78. The molecule has 1 aliphatic rings. The second kappa shape index (κ2) is 4.91. The number of benzene rings is 1. The van der Waals surface area contributed by atoms with Gasteiger partial charge in [-0.3, -0.25) is 4.98 Å². The van der Waals surface area contributed by atoms with Gasteiger partial charge in [-0.25, -0.2) is 0 Å². The van der Waals surface area contributed by atoms with Gasteiger partial charge in [-0.1, -0.05) is 12.1 Å². The zero-order valence-electron chi connectivity index (χ0n) is 11.9. The van der Waals surface area contributed by atoms with Gasteiger partial charge in [0.15, 0.2) is 0 Å². The van der Waals surface area contributed by atoms with Gasteiger partial charge in [0.05, 0.1) is 12.7 Å². The van der Waals surface area contributed by atoms with Crippen LogP contribution in [0.3, 0.4) is 0 Å². The van der Waals surface area contributed by atoms with E-state index in [0.717, 1.165) is 29.7 Å². The standard InChI is InChI=1S/C17H19NO2/c1-12-7-15(11-18-10-12)17(19)6-5-13-3-4-16(20-2)8-14(13)9-17/h3-4,7-8,10-11,19H,5-6,9H2,1-2H3. The summed E-state index contributed by atoms with van der Waals surface area (Å²) in [6, 6.07) is 8.14. The summed E-state index contributed by atoms with van der Waals surface area (Å²) >= 11 is 0. The Morgan fingerprint density at radius 3 is 2.80 bits per heavy atom. The van der Waals surface area contributed by atoms with Crippen LogP contribution in [0.2, 0.25) is 0 Å². The van der Waals surface area contributed by atoms with E-state index in [2.05, 4.69) is 11.1 Å². The van der Waals surface area contributed by atoms with E-state index in [4.69, 9.17) is 4.74 Å². The summed E-state index contributed by atoms with van der Waals surface area (Å²) in [4.78, 5) is 4.21. The van der Waals surface area contributed by atoms with Crippen molar-refractivity contribution < 1.29 is 9.84 Å². The van der Waals surface area contributed by atoms with E-state index in [1.54, 1.807) is 13.3 Å². The first-order valence-electron chi connectivity index (χ1n) is 6.91. The molecule has 1 atom stereocenters. The summed E-state index contributed by atoms with van der Waals surface area (Å²) in [6.45, 7) is 2.00. The van der Waals surface area contributed by atoms with Gasteiger partial charge in [-0.15, -0.1) is 0 Å². The Morgan fingerprint density at radius 1 is 1.20 bits per heavy atom. The Morgan fingerprint density at radius 2 is 2.05 bits per heavy atom. The minimum Gasteiger partial charge on any atom is -0.497 e. The highest BCUT2D eigenvalue weighted by Gasteiger charge is 2.34. The van der Waals surface area contributed by atoms with Gasteiger partial charge in [-0.05, 0) is 48.6 Å². The molecule has 1 aromatic heterocycles. The number of aromatic nitrogens is 1. The SMILES string of the molecule is COc1ccc2c(c1)CC(O)(c1cncc(C)c1)CC2. The van der Waals surface area contributed by atoms with E-state index < -0.39 is 5.60 Å². The van der Waals surface area contributed by atoms with E-state index in [9.17, 15) is 5.11 Å². The quantitative estimate of drug-likeness (QED) is 0.911. The van der Waals surface area contributed by atoms with Crippen molar-refractivity contribution >= 4 is 0 Å². The van der Waals surface area contributed by atoms with Crippen LogP contribution in [-0.4, -0.2) is 17.2 Å². The Kier molecular flexibility index (Phi) is 3.22. The second-order valence-electron chi connectivity index (χ2n) is 5.59. The third-order valence-corrected chi connectivity index (χ3v) is 4.12. The number of pyridine rings is 1. The number of methoxy groups -OCH3 is 1. The summed E-state index contributed by atoms with van der Waals surface area (Å²) in [7, 11) is 1.67. The van der Waals surface area contributed by atoms with Gasteiger partial charge in [0.1, 0.15) is 5.75 Å². The minimum absolute atomic E-state index is 0.616. The lowest BCUT2D eigenvalue weighted by atomic mass is 9.77. The molecule has 0 amide bonds. The highest BCUT2D eigenvalue weighted by atomic mass is 16.5. The fourth-order valence-corrected chi connectivity index (χ4v) is 2.94. The van der Waals surface area contributed by atoms with Crippen LogP contribution in [0.1, 0.15) is 28.7 Å². The highest BCUT2D eigenvalue weighted by Crippen LogP contribution is 2.37. The molecule has 20 heavy (non-hydrogen) atoms. The van der Waals surface area contributed by atoms with E-state index in [0.29, 0.717) is 6.42 Å². The molecule has 0 bridgehead atoms. The largest absolute Gasteiger partial charge is 0.497 e. The van der Waals surface area contributed by atoms with Gasteiger partial charge >= 0.3 is 0 Å². The molecule has 0 aliphatic heterocycles. The Bertz CT molecular complexity index is 639. The van der Waals surface area contributed by atoms with Gasteiger partial charge in [0, 0.05) is 24.4 Å². The maximum Gasteiger partial charge on any atom is 0.119 e. The molecule has 0 radical (unpaired) electrons. The molecule has 1 aromatic carbocycles. The first kappa shape index (κ1) is 13.1. The molecular formula is C17H19NO2. The molecule has 0 saturated carbocycles. The van der Waals surface area contributed by atoms with E-state index in [1.807, 2.05) is 31.3 Å². The molecule has 0 saturated heterocycles. The van der Waals surface area contributed by atoms with Crippen molar-refractivity contribution in [1.29, 1.82) is 0 Å². The molecular weight excluding hydrogens is 250 g/mol. The van der Waals surface area contributed by atoms with Gasteiger partial charge in [0.2, 0.25) is 0 Å². The number of aliphatic hydroxyl groups is 1. The molecule has 3 heteroatoms. The minimum atomic E-state index is -0.821. The summed E-state index contributed by atoms with van der Waals surface area (Å²) in [6.07, 6.45) is 5.82. The number of hydrogen-bond donors (Lipinski definition) is 1. The zero-order chi connectivity index (χ0) is 14.2. The normalized spacial score (nSPS) is 21.4. The zero-order valence-corrected chi connectivity index (χ0v) is 11.9. The van der Waals surface area contributed by atoms with Crippen molar-refractivity contribution in [2.75, 3.05) is 7.11 Å². The maximum atomic E-state index is 11.0. The van der Waals surface area contributed by atoms with Crippen LogP contribution < -0.4 is 4.74 Å². The number of ether oxygens (including phenoxy) is 1. The summed E-state index contributed by atoms with van der Waals surface area (Å²) in [5.74, 6) is 0.843. The number of aryl methyl sites for hydroxylation is 2. The molecule has 1 N–H and O–H groups in total. The average molecular weight is 269 g/mol. The van der Waals surface area contributed by atoms with Crippen LogP contribution in [-0.2, 0) is 18.4 Å². The third-order valence-electron chi connectivity index (χ3n) is 4.12. The smallest absolute Gasteiger partial charge is 0.119 e. The maximum absolute atomic E-state index is 11.0. The monoisotopic (exact) mass is 269 g/mol. The van der Waals surface area contributed by atoms with Gasteiger partial charge in [0.25, 0.3) is 0 Å². The van der Waals surface area contributed by atoms with Gasteiger partial charge < -0.3 is 9.84 Å². The molecule has 104 valence electrons. The fourth-order valence-electron chi connectivity index (χ4n) is 2.94. The lowest BCUT2D eigenvalue weighted by Crippen LogP contribution is -2.33. The van der Waals surface area contributed by atoms with Crippen LogP contribution in [0, 0.1) is 6.92 Å². The topological polar surface area (TPSA) is 42.4 Å². The number of rotatable bonds is 2. The predicted molar refractivity (Wildman–Crippen MR) is 77.9 cm³/mol. The van der Waals surface area contributed by atoms with Crippen LogP contribution in [0.25, 0.3) is 0 Å². The molecule has 2 aromatic rings. The van der Waals surface area contributed by atoms with Crippen molar-refractivity contribution in [3.8, 4) is 5.75 Å². The lowest BCUT2D eigenvalue weighted by molar-refractivity contribution is 0.0218. The molecule has 1 unspecified atom stereocenters. The fraction of sp³-hybridized carbons (Fsp3) is 0.353. The van der Waals surface area contributed by atoms with Crippen LogP contribution >= 0.6 is 0 Å². The van der Waals surface area contributed by atoms with Crippen molar-refractivity contribution in [2.45, 2.75) is 31.8 Å². The van der Waals surface area contributed by atoms with Gasteiger partial charge in [-0.2, -0.15) is 0 Å². The first-order valence-corrected chi connectivity index (χ1v) is 6.91. The van der Waals surface area contributed by atoms with E-state index in [1.165, 1.54) is 11.1 Å². The summed E-state index contributed by atoms with van der Waals surface area (Å²) in [5, 5.41) is 11.0. The lowest BCUT2D eigenvalue weighted by Gasteiger charge is -2.34. The van der Waals surface area contributed by atoms with Crippen molar-refractivity contribution in [3.05, 3.63) is 58.9 Å². The number of nitrogens with zero attached hydrogens (tertiary/aromatic N) is 1. The van der Waals surface area contributed by atoms with Crippen LogP contribution in [0.5, 0.6) is 5.75 Å². The van der Waals surface area contributed by atoms with E-state index >= 15 is 0 Å². The van der Waals surface area contributed by atoms with Crippen LogP contribution in [0.4, 0.5) is 0 Å². The van der Waals surface area contributed by atoms with Crippen molar-refractivity contribution in [3.63, 3.8) is 0 Å². The number of fused-ring (bicyclic) bond motifs is 1. The second-order valence-corrected chi connectivity index (χ2v) is 5.59. The molecule has 0 fully saturated rings. The van der Waals surface area contributed by atoms with E-state index in [-0.39, 0.29) is 0 Å². The Labute approximate surface area is 119 Å². The molecule has 1 heterocycles. The molecule has 1 aliphatic carbocycles. The number of hydrogen-bond acceptors (Lipinski definition) is 3. The van der Waals surface area contributed by atoms with Crippen molar-refractivity contribution in [2.24, 2.45) is 0 Å². The highest BCUT2D eigenvalue weighted by molar-refractivity contribution is 5.40. The molecule has 0 spiro atoms. The Hall–Kier alpha value is -1.87. The molecule has 3 nitrogen and oxygen atoms in total. The average Bonchev–Trinajstić information content (AvgIpc) is 2.46. The first-order chi connectivity index (χ1) is 9.60. The Balaban J connectivity index is 1.97. The van der Waals surface area contributed by atoms with Crippen LogP contribution in [0.15, 0.2) is 36.7 Å². The third kappa shape index (κ3) is 2.29.